The molecule has 2 aromatic rings. The molecule has 10 heteroatoms. The molecule has 1 N–H and O–H groups in total. The summed E-state index contributed by atoms with van der Waals surface area (Å²) < 4.78 is 37.7. The summed E-state index contributed by atoms with van der Waals surface area (Å²) in [7, 11) is -3.80. The maximum absolute atomic E-state index is 12.8. The predicted octanol–water partition coefficient (Wildman–Crippen LogP) is 2.98. The standard InChI is InChI=1S/C21H25N3O6S/c1-2-30-16-5-3-4-15(12-16)18-14-20(18)22-19-7-6-17(13-21(19)24(25)26)31(27,28)23-8-10-29-11-9-23/h3-7,12-13,18,20,22H,2,8-11,14H2,1H3/t18-,20-/m1/s1. The second-order valence-electron chi connectivity index (χ2n) is 7.55. The Labute approximate surface area is 181 Å². The summed E-state index contributed by atoms with van der Waals surface area (Å²) in [5.74, 6) is 1.02. The van der Waals surface area contributed by atoms with Crippen LogP contribution in [0.2, 0.25) is 0 Å². The SMILES string of the molecule is CCOc1cccc([C@H]2C[C@H]2Nc2ccc(S(=O)(=O)N3CCOCC3)cc2[N+](=O)[O-])c1. The Kier molecular flexibility index (Phi) is 6.12. The van der Waals surface area contributed by atoms with Crippen molar-refractivity contribution < 1.29 is 22.8 Å². The van der Waals surface area contributed by atoms with Crippen LogP contribution in [0.25, 0.3) is 0 Å². The second kappa shape index (κ2) is 8.81. The van der Waals surface area contributed by atoms with Gasteiger partial charge in [0.25, 0.3) is 5.69 Å². The lowest BCUT2D eigenvalue weighted by molar-refractivity contribution is -0.384. The summed E-state index contributed by atoms with van der Waals surface area (Å²) in [6, 6.07) is 11.9. The van der Waals surface area contributed by atoms with Crippen LogP contribution >= 0.6 is 0 Å². The van der Waals surface area contributed by atoms with E-state index >= 15 is 0 Å². The second-order valence-corrected chi connectivity index (χ2v) is 9.49. The van der Waals surface area contributed by atoms with E-state index in [0.717, 1.165) is 23.8 Å². The van der Waals surface area contributed by atoms with Crippen molar-refractivity contribution in [2.24, 2.45) is 0 Å². The Morgan fingerprint density at radius 2 is 2.00 bits per heavy atom. The summed E-state index contributed by atoms with van der Waals surface area (Å²) in [5.41, 5.74) is 1.18. The Morgan fingerprint density at radius 3 is 2.71 bits per heavy atom. The minimum absolute atomic E-state index is 0.0391. The number of morpholine rings is 1. The van der Waals surface area contributed by atoms with Crippen molar-refractivity contribution in [2.45, 2.75) is 30.2 Å². The molecule has 1 saturated carbocycles. The highest BCUT2D eigenvalue weighted by molar-refractivity contribution is 7.89. The van der Waals surface area contributed by atoms with Crippen LogP contribution in [0, 0.1) is 10.1 Å². The molecule has 1 aliphatic heterocycles. The average molecular weight is 448 g/mol. The van der Waals surface area contributed by atoms with Crippen LogP contribution in [0.3, 0.4) is 0 Å². The number of nitrogens with one attached hydrogen (secondary N) is 1. The van der Waals surface area contributed by atoms with Crippen LogP contribution in [-0.4, -0.2) is 56.6 Å². The van der Waals surface area contributed by atoms with Crippen molar-refractivity contribution >= 4 is 21.4 Å². The molecule has 0 amide bonds. The third-order valence-corrected chi connectivity index (χ3v) is 7.40. The van der Waals surface area contributed by atoms with Gasteiger partial charge in [-0.2, -0.15) is 4.31 Å². The molecule has 0 radical (unpaired) electrons. The van der Waals surface area contributed by atoms with E-state index in [1.54, 1.807) is 0 Å². The molecular formula is C21H25N3O6S. The van der Waals surface area contributed by atoms with Gasteiger partial charge in [0.1, 0.15) is 11.4 Å². The summed E-state index contributed by atoms with van der Waals surface area (Å²) in [4.78, 5) is 11.0. The zero-order valence-corrected chi connectivity index (χ0v) is 18.0. The molecule has 0 bridgehead atoms. The predicted molar refractivity (Wildman–Crippen MR) is 115 cm³/mol. The minimum atomic E-state index is -3.80. The summed E-state index contributed by atoms with van der Waals surface area (Å²) in [5, 5.41) is 14.9. The Bertz CT molecular complexity index is 1070. The average Bonchev–Trinajstić information content (AvgIpc) is 3.54. The van der Waals surface area contributed by atoms with Crippen LogP contribution in [-0.2, 0) is 14.8 Å². The highest BCUT2D eigenvalue weighted by atomic mass is 32.2. The molecule has 2 aliphatic rings. The van der Waals surface area contributed by atoms with Gasteiger partial charge in [0.05, 0.1) is 29.6 Å². The fourth-order valence-corrected chi connectivity index (χ4v) is 5.23. The number of sulfonamides is 1. The van der Waals surface area contributed by atoms with Gasteiger partial charge in [-0.15, -0.1) is 0 Å². The molecule has 9 nitrogen and oxygen atoms in total. The topological polar surface area (TPSA) is 111 Å². The molecule has 0 aromatic heterocycles. The van der Waals surface area contributed by atoms with Gasteiger partial charge in [-0.25, -0.2) is 8.42 Å². The van der Waals surface area contributed by atoms with Crippen molar-refractivity contribution in [3.05, 3.63) is 58.1 Å². The first kappa shape index (κ1) is 21.5. The number of ether oxygens (including phenoxy) is 2. The van der Waals surface area contributed by atoms with E-state index in [2.05, 4.69) is 5.32 Å². The monoisotopic (exact) mass is 447 g/mol. The zero-order chi connectivity index (χ0) is 22.0. The van der Waals surface area contributed by atoms with Crippen LogP contribution in [0.4, 0.5) is 11.4 Å². The lowest BCUT2D eigenvalue weighted by Gasteiger charge is -2.26. The van der Waals surface area contributed by atoms with E-state index in [9.17, 15) is 18.5 Å². The number of hydrogen-bond donors (Lipinski definition) is 1. The number of hydrogen-bond acceptors (Lipinski definition) is 7. The summed E-state index contributed by atoms with van der Waals surface area (Å²) in [6.07, 6.45) is 0.834. The quantitative estimate of drug-likeness (QED) is 0.489. The van der Waals surface area contributed by atoms with E-state index in [0.29, 0.717) is 25.5 Å². The molecular weight excluding hydrogens is 422 g/mol. The molecule has 2 fully saturated rings. The Balaban J connectivity index is 1.52. The fourth-order valence-electron chi connectivity index (χ4n) is 3.81. The number of nitro benzene ring substituents is 1. The summed E-state index contributed by atoms with van der Waals surface area (Å²) in [6.45, 7) is 3.61. The number of anilines is 1. The Morgan fingerprint density at radius 1 is 1.23 bits per heavy atom. The molecule has 0 spiro atoms. The maximum Gasteiger partial charge on any atom is 0.293 e. The van der Waals surface area contributed by atoms with Crippen molar-refractivity contribution in [3.63, 3.8) is 0 Å². The van der Waals surface area contributed by atoms with Crippen LogP contribution in [0.1, 0.15) is 24.8 Å². The van der Waals surface area contributed by atoms with Gasteiger partial charge in [0, 0.05) is 31.1 Å². The van der Waals surface area contributed by atoms with Gasteiger partial charge in [0.15, 0.2) is 0 Å². The van der Waals surface area contributed by atoms with Gasteiger partial charge in [-0.05, 0) is 43.2 Å². The molecule has 2 aromatic carbocycles. The third kappa shape index (κ3) is 4.65. The Hall–Kier alpha value is -2.69. The normalized spacial score (nSPS) is 21.5. The van der Waals surface area contributed by atoms with Gasteiger partial charge in [0.2, 0.25) is 10.0 Å². The van der Waals surface area contributed by atoms with E-state index < -0.39 is 14.9 Å². The number of nitrogens with zero attached hydrogens (tertiary/aromatic N) is 2. The van der Waals surface area contributed by atoms with Crippen LogP contribution in [0.15, 0.2) is 47.4 Å². The number of nitro groups is 1. The lowest BCUT2D eigenvalue weighted by Crippen LogP contribution is -2.40. The van der Waals surface area contributed by atoms with Crippen LogP contribution in [0.5, 0.6) is 5.75 Å². The van der Waals surface area contributed by atoms with Gasteiger partial charge in [-0.3, -0.25) is 10.1 Å². The maximum atomic E-state index is 12.8. The first-order valence-corrected chi connectivity index (χ1v) is 11.7. The van der Waals surface area contributed by atoms with Crippen molar-refractivity contribution in [1.29, 1.82) is 0 Å². The van der Waals surface area contributed by atoms with Crippen molar-refractivity contribution in [2.75, 3.05) is 38.2 Å². The molecule has 2 atom stereocenters. The molecule has 4 rings (SSSR count). The number of rotatable bonds is 8. The van der Waals surface area contributed by atoms with E-state index in [1.807, 2.05) is 31.2 Å². The van der Waals surface area contributed by atoms with E-state index in [4.69, 9.17) is 9.47 Å². The van der Waals surface area contributed by atoms with Crippen LogP contribution < -0.4 is 10.1 Å². The van der Waals surface area contributed by atoms with E-state index in [1.165, 1.54) is 16.4 Å². The van der Waals surface area contributed by atoms with Crippen molar-refractivity contribution in [1.82, 2.24) is 4.31 Å². The van der Waals surface area contributed by atoms with Gasteiger partial charge >= 0.3 is 0 Å². The fraction of sp³-hybridized carbons (Fsp3) is 0.429. The third-order valence-electron chi connectivity index (χ3n) is 5.50. The largest absolute Gasteiger partial charge is 0.494 e. The molecule has 1 aliphatic carbocycles. The van der Waals surface area contributed by atoms with E-state index in [-0.39, 0.29) is 35.6 Å². The molecule has 1 heterocycles. The lowest BCUT2D eigenvalue weighted by atomic mass is 10.1. The van der Waals surface area contributed by atoms with Crippen molar-refractivity contribution in [3.8, 4) is 5.75 Å². The molecule has 166 valence electrons. The molecule has 1 saturated heterocycles. The summed E-state index contributed by atoms with van der Waals surface area (Å²) >= 11 is 0. The first-order chi connectivity index (χ1) is 14.9. The molecule has 0 unspecified atom stereocenters. The highest BCUT2D eigenvalue weighted by Gasteiger charge is 2.40. The minimum Gasteiger partial charge on any atom is -0.494 e. The first-order valence-electron chi connectivity index (χ1n) is 10.3. The smallest absolute Gasteiger partial charge is 0.293 e. The zero-order valence-electron chi connectivity index (χ0n) is 17.2. The molecule has 31 heavy (non-hydrogen) atoms. The van der Waals surface area contributed by atoms with Gasteiger partial charge in [-0.1, -0.05) is 12.1 Å². The highest BCUT2D eigenvalue weighted by Crippen LogP contribution is 2.45. The number of benzene rings is 2. The van der Waals surface area contributed by atoms with Gasteiger partial charge < -0.3 is 14.8 Å².